The number of hydrogen-bond donors (Lipinski definition) is 1. The minimum absolute atomic E-state index is 0.0335. The normalized spacial score (nSPS) is 19.3. The van der Waals surface area contributed by atoms with Gasteiger partial charge in [-0.1, -0.05) is 32.0 Å². The summed E-state index contributed by atoms with van der Waals surface area (Å²) in [6.07, 6.45) is 2.39. The Morgan fingerprint density at radius 2 is 2.13 bits per heavy atom. The van der Waals surface area contributed by atoms with Gasteiger partial charge in [0.25, 0.3) is 5.56 Å². The number of fused-ring (bicyclic) bond motifs is 1. The number of sulfone groups is 1. The number of aromatic amines is 1. The Kier molecular flexibility index (Phi) is 7.29. The lowest BCUT2D eigenvalue weighted by Crippen LogP contribution is -2.42. The molecule has 1 aliphatic rings. The molecule has 1 aliphatic heterocycles. The summed E-state index contributed by atoms with van der Waals surface area (Å²) in [5.74, 6) is 0.644. The molecule has 0 saturated carbocycles. The van der Waals surface area contributed by atoms with Crippen molar-refractivity contribution in [2.24, 2.45) is 5.92 Å². The quantitative estimate of drug-likeness (QED) is 0.469. The van der Waals surface area contributed by atoms with Crippen molar-refractivity contribution in [3.8, 4) is 0 Å². The van der Waals surface area contributed by atoms with Crippen LogP contribution in [0.15, 0.2) is 9.95 Å². The van der Waals surface area contributed by atoms with Crippen LogP contribution in [0.25, 0.3) is 10.2 Å². The number of amides is 1. The zero-order valence-electron chi connectivity index (χ0n) is 17.9. The van der Waals surface area contributed by atoms with E-state index < -0.39 is 9.84 Å². The zero-order chi connectivity index (χ0) is 22.1. The van der Waals surface area contributed by atoms with E-state index in [2.05, 4.69) is 23.8 Å². The van der Waals surface area contributed by atoms with Crippen molar-refractivity contribution in [2.75, 3.05) is 23.8 Å². The molecule has 7 nitrogen and oxygen atoms in total. The van der Waals surface area contributed by atoms with Crippen molar-refractivity contribution in [3.63, 3.8) is 0 Å². The number of hydrogen-bond acceptors (Lipinski definition) is 7. The minimum atomic E-state index is -3.05. The maximum atomic E-state index is 12.8. The molecule has 2 atom stereocenters. The summed E-state index contributed by atoms with van der Waals surface area (Å²) in [4.78, 5) is 36.3. The van der Waals surface area contributed by atoms with Crippen LogP contribution in [0.2, 0.25) is 0 Å². The summed E-state index contributed by atoms with van der Waals surface area (Å²) in [5, 5.41) is 1.09. The molecule has 0 bridgehead atoms. The Morgan fingerprint density at radius 1 is 1.40 bits per heavy atom. The van der Waals surface area contributed by atoms with Gasteiger partial charge in [-0.05, 0) is 38.2 Å². The molecule has 3 rings (SSSR count). The number of aromatic nitrogens is 2. The van der Waals surface area contributed by atoms with Gasteiger partial charge < -0.3 is 9.88 Å². The smallest absolute Gasteiger partial charge is 0.260 e. The average Bonchev–Trinajstić information content (AvgIpc) is 3.19. The third-order valence-corrected chi connectivity index (χ3v) is 9.38. The molecule has 2 aromatic rings. The average molecular weight is 472 g/mol. The van der Waals surface area contributed by atoms with Crippen LogP contribution in [-0.4, -0.2) is 59.0 Å². The van der Waals surface area contributed by atoms with Gasteiger partial charge in [0.2, 0.25) is 5.91 Å². The lowest BCUT2D eigenvalue weighted by molar-refractivity contribution is -0.129. The first kappa shape index (κ1) is 23.3. The molecule has 2 unspecified atom stereocenters. The van der Waals surface area contributed by atoms with Gasteiger partial charge in [0, 0.05) is 17.5 Å². The van der Waals surface area contributed by atoms with Crippen molar-refractivity contribution in [1.29, 1.82) is 0 Å². The molecule has 0 aromatic carbocycles. The first-order valence-electron chi connectivity index (χ1n) is 10.3. The Hall–Kier alpha value is -1.39. The van der Waals surface area contributed by atoms with Gasteiger partial charge in [-0.15, -0.1) is 11.3 Å². The highest BCUT2D eigenvalue weighted by molar-refractivity contribution is 7.99. The predicted octanol–water partition coefficient (Wildman–Crippen LogP) is 3.01. The van der Waals surface area contributed by atoms with Crippen molar-refractivity contribution in [2.45, 2.75) is 58.2 Å². The number of thiophene rings is 1. The minimum Gasteiger partial charge on any atom is -0.338 e. The van der Waals surface area contributed by atoms with Gasteiger partial charge in [0.05, 0.1) is 22.6 Å². The van der Waals surface area contributed by atoms with Crippen LogP contribution in [0.5, 0.6) is 0 Å². The second-order valence-corrected chi connectivity index (χ2v) is 12.3. The molecule has 10 heteroatoms. The van der Waals surface area contributed by atoms with Crippen LogP contribution in [0.3, 0.4) is 0 Å². The third kappa shape index (κ3) is 5.08. The number of carbonyl (C=O) groups excluding carboxylic acids is 1. The maximum Gasteiger partial charge on any atom is 0.260 e. The van der Waals surface area contributed by atoms with Crippen LogP contribution in [0.1, 0.15) is 44.1 Å². The highest BCUT2D eigenvalue weighted by Crippen LogP contribution is 2.30. The maximum absolute atomic E-state index is 12.8. The largest absolute Gasteiger partial charge is 0.338 e. The van der Waals surface area contributed by atoms with Gasteiger partial charge in [-0.3, -0.25) is 9.59 Å². The first-order chi connectivity index (χ1) is 14.1. The van der Waals surface area contributed by atoms with Crippen molar-refractivity contribution in [3.05, 3.63) is 20.8 Å². The lowest BCUT2D eigenvalue weighted by atomic mass is 9.98. The molecule has 1 amide bonds. The summed E-state index contributed by atoms with van der Waals surface area (Å²) >= 11 is 2.71. The molecule has 0 spiro atoms. The molecular weight excluding hydrogens is 442 g/mol. The van der Waals surface area contributed by atoms with E-state index in [1.54, 1.807) is 4.90 Å². The van der Waals surface area contributed by atoms with E-state index in [-0.39, 0.29) is 34.8 Å². The fourth-order valence-corrected chi connectivity index (χ4v) is 7.42. The summed E-state index contributed by atoms with van der Waals surface area (Å²) < 4.78 is 23.5. The van der Waals surface area contributed by atoms with Gasteiger partial charge in [-0.2, -0.15) is 0 Å². The molecule has 0 radical (unpaired) electrons. The van der Waals surface area contributed by atoms with E-state index in [0.29, 0.717) is 34.3 Å². The van der Waals surface area contributed by atoms with Gasteiger partial charge in [0.15, 0.2) is 15.0 Å². The Labute approximate surface area is 185 Å². The number of nitrogens with zero attached hydrogens (tertiary/aromatic N) is 2. The highest BCUT2D eigenvalue weighted by Gasteiger charge is 2.33. The predicted molar refractivity (Wildman–Crippen MR) is 123 cm³/mol. The molecule has 30 heavy (non-hydrogen) atoms. The van der Waals surface area contributed by atoms with Gasteiger partial charge in [0.1, 0.15) is 4.83 Å². The standard InChI is InChI=1S/C20H29N3O4S3/c1-5-12(3)9-15-13(4)29-19-17(15)18(25)21-20(22-19)28-10-16(24)23(6-2)14-7-8-30(26,27)11-14/h12,14H,5-11H2,1-4H3,(H,21,22,25). The Bertz CT molecular complexity index is 1090. The van der Waals surface area contributed by atoms with E-state index >= 15 is 0 Å². The number of rotatable bonds is 8. The number of nitrogens with one attached hydrogen (secondary N) is 1. The van der Waals surface area contributed by atoms with Crippen LogP contribution in [-0.2, 0) is 21.1 Å². The van der Waals surface area contributed by atoms with E-state index in [9.17, 15) is 18.0 Å². The topological polar surface area (TPSA) is 100 Å². The molecule has 3 heterocycles. The van der Waals surface area contributed by atoms with Crippen LogP contribution < -0.4 is 5.56 Å². The summed E-state index contributed by atoms with van der Waals surface area (Å²) in [6, 6.07) is -0.259. The van der Waals surface area contributed by atoms with Crippen molar-refractivity contribution >= 4 is 49.1 Å². The van der Waals surface area contributed by atoms with Crippen LogP contribution in [0.4, 0.5) is 0 Å². The SMILES string of the molecule is CCC(C)Cc1c(C)sc2nc(SCC(=O)N(CC)C3CCS(=O)(=O)C3)[nH]c(=O)c12. The fourth-order valence-electron chi connectivity index (χ4n) is 3.83. The molecule has 2 aromatic heterocycles. The van der Waals surface area contributed by atoms with E-state index in [1.807, 2.05) is 13.8 Å². The molecule has 1 N–H and O–H groups in total. The highest BCUT2D eigenvalue weighted by atomic mass is 32.2. The summed E-state index contributed by atoms with van der Waals surface area (Å²) in [6.45, 7) is 8.66. The Balaban J connectivity index is 1.75. The number of H-pyrrole nitrogens is 1. The van der Waals surface area contributed by atoms with E-state index in [4.69, 9.17) is 0 Å². The van der Waals surface area contributed by atoms with Crippen LogP contribution >= 0.6 is 23.1 Å². The number of aryl methyl sites for hydroxylation is 1. The summed E-state index contributed by atoms with van der Waals surface area (Å²) in [5.41, 5.74) is 0.914. The molecule has 1 fully saturated rings. The van der Waals surface area contributed by atoms with Gasteiger partial charge >= 0.3 is 0 Å². The molecular formula is C20H29N3O4S3. The van der Waals surface area contributed by atoms with Crippen LogP contribution in [0, 0.1) is 12.8 Å². The molecule has 0 aliphatic carbocycles. The van der Waals surface area contributed by atoms with E-state index in [1.165, 1.54) is 23.1 Å². The molecule has 166 valence electrons. The number of thioether (sulfide) groups is 1. The summed E-state index contributed by atoms with van der Waals surface area (Å²) in [7, 11) is -3.05. The van der Waals surface area contributed by atoms with E-state index in [0.717, 1.165) is 23.3 Å². The van der Waals surface area contributed by atoms with Crippen molar-refractivity contribution in [1.82, 2.24) is 14.9 Å². The first-order valence-corrected chi connectivity index (χ1v) is 13.9. The Morgan fingerprint density at radius 3 is 2.73 bits per heavy atom. The zero-order valence-corrected chi connectivity index (χ0v) is 20.3. The third-order valence-electron chi connectivity index (χ3n) is 5.73. The van der Waals surface area contributed by atoms with Gasteiger partial charge in [-0.25, -0.2) is 13.4 Å². The molecule has 1 saturated heterocycles. The second-order valence-electron chi connectivity index (χ2n) is 7.93. The lowest BCUT2D eigenvalue weighted by Gasteiger charge is -2.26. The number of carbonyl (C=O) groups is 1. The van der Waals surface area contributed by atoms with Crippen molar-refractivity contribution < 1.29 is 13.2 Å². The second kappa shape index (κ2) is 9.40. The fraction of sp³-hybridized carbons (Fsp3) is 0.650. The monoisotopic (exact) mass is 471 g/mol.